The molecule has 2 heterocycles. The molecule has 114 valence electrons. The molecule has 0 amide bonds. The third-order valence-corrected chi connectivity index (χ3v) is 4.11. The van der Waals surface area contributed by atoms with Crippen molar-refractivity contribution in [2.45, 2.75) is 51.7 Å². The summed E-state index contributed by atoms with van der Waals surface area (Å²) in [6, 6.07) is -0.222. The molecule has 0 aromatic carbocycles. The molecule has 1 fully saturated rings. The number of ether oxygens (including phenoxy) is 2. The molecule has 1 aliphatic heterocycles. The summed E-state index contributed by atoms with van der Waals surface area (Å²) < 4.78 is 16.7. The number of hydrogen-bond acceptors (Lipinski definition) is 6. The molecule has 20 heavy (non-hydrogen) atoms. The van der Waals surface area contributed by atoms with Crippen molar-refractivity contribution >= 4 is 0 Å². The maximum Gasteiger partial charge on any atom is 0.243 e. The summed E-state index contributed by atoms with van der Waals surface area (Å²) in [4.78, 5) is 4.51. The van der Waals surface area contributed by atoms with Crippen molar-refractivity contribution in [3.05, 3.63) is 11.7 Å². The van der Waals surface area contributed by atoms with Gasteiger partial charge in [-0.2, -0.15) is 4.98 Å². The summed E-state index contributed by atoms with van der Waals surface area (Å²) in [5.41, 5.74) is 5.67. The summed E-state index contributed by atoms with van der Waals surface area (Å²) >= 11 is 0. The summed E-state index contributed by atoms with van der Waals surface area (Å²) in [6.45, 7) is 8.08. The molecule has 1 aliphatic rings. The van der Waals surface area contributed by atoms with Gasteiger partial charge in [0.25, 0.3) is 0 Å². The molecule has 1 aromatic rings. The minimum absolute atomic E-state index is 0.222. The van der Waals surface area contributed by atoms with E-state index in [1.54, 1.807) is 0 Å². The van der Waals surface area contributed by atoms with E-state index in [1.807, 2.05) is 6.92 Å². The van der Waals surface area contributed by atoms with Gasteiger partial charge >= 0.3 is 0 Å². The predicted molar refractivity (Wildman–Crippen MR) is 74.0 cm³/mol. The molecule has 0 aliphatic carbocycles. The predicted octanol–water partition coefficient (Wildman–Crippen LogP) is 2.16. The van der Waals surface area contributed by atoms with E-state index in [1.165, 1.54) is 0 Å². The number of aromatic nitrogens is 2. The summed E-state index contributed by atoms with van der Waals surface area (Å²) in [5.74, 6) is 1.41. The van der Waals surface area contributed by atoms with Crippen molar-refractivity contribution in [1.29, 1.82) is 0 Å². The Morgan fingerprint density at radius 2 is 2.05 bits per heavy atom. The molecule has 0 spiro atoms. The minimum atomic E-state index is -0.482. The quantitative estimate of drug-likeness (QED) is 0.861. The first-order valence-corrected chi connectivity index (χ1v) is 7.44. The van der Waals surface area contributed by atoms with Crippen LogP contribution in [0.15, 0.2) is 4.52 Å². The Bertz CT molecular complexity index is 410. The topological polar surface area (TPSA) is 83.4 Å². The van der Waals surface area contributed by atoms with E-state index in [0.717, 1.165) is 19.3 Å². The maximum atomic E-state index is 6.15. The minimum Gasteiger partial charge on any atom is -0.381 e. The van der Waals surface area contributed by atoms with Gasteiger partial charge in [-0.15, -0.1) is 0 Å². The Morgan fingerprint density at radius 3 is 2.65 bits per heavy atom. The Kier molecular flexibility index (Phi) is 5.12. The highest BCUT2D eigenvalue weighted by Crippen LogP contribution is 2.35. The van der Waals surface area contributed by atoms with Gasteiger partial charge in [-0.3, -0.25) is 0 Å². The van der Waals surface area contributed by atoms with Gasteiger partial charge in [-0.05, 0) is 12.8 Å². The first kappa shape index (κ1) is 15.4. The lowest BCUT2D eigenvalue weighted by molar-refractivity contribution is -0.118. The average molecular weight is 283 g/mol. The van der Waals surface area contributed by atoms with Crippen LogP contribution in [0.1, 0.15) is 57.8 Å². The normalized spacial score (nSPS) is 21.6. The van der Waals surface area contributed by atoms with E-state index in [0.29, 0.717) is 37.5 Å². The SMILES string of the molecule is CCOC1(c2noc([C@@H](N)C(C)CC)n2)CCOCC1. The largest absolute Gasteiger partial charge is 0.381 e. The van der Waals surface area contributed by atoms with Gasteiger partial charge in [-0.1, -0.05) is 25.4 Å². The average Bonchev–Trinajstić information content (AvgIpc) is 2.97. The number of nitrogens with two attached hydrogens (primary N) is 1. The highest BCUT2D eigenvalue weighted by molar-refractivity contribution is 5.05. The molecular formula is C14H25N3O3. The summed E-state index contributed by atoms with van der Waals surface area (Å²) in [7, 11) is 0. The molecule has 0 radical (unpaired) electrons. The van der Waals surface area contributed by atoms with Gasteiger partial charge in [0, 0.05) is 32.7 Å². The standard InChI is InChI=1S/C14H25N3O3/c1-4-10(3)11(15)12-16-13(17-20-12)14(19-5-2)6-8-18-9-7-14/h10-11H,4-9,15H2,1-3H3/t10?,11-/m0/s1. The van der Waals surface area contributed by atoms with Crippen LogP contribution < -0.4 is 5.73 Å². The molecule has 1 aromatic heterocycles. The fraction of sp³-hybridized carbons (Fsp3) is 0.857. The van der Waals surface area contributed by atoms with Gasteiger partial charge in [0.2, 0.25) is 11.7 Å². The molecule has 2 atom stereocenters. The maximum absolute atomic E-state index is 6.15. The van der Waals surface area contributed by atoms with Gasteiger partial charge in [0.1, 0.15) is 5.60 Å². The number of nitrogens with zero attached hydrogens (tertiary/aromatic N) is 2. The van der Waals surface area contributed by atoms with Crippen LogP contribution >= 0.6 is 0 Å². The Balaban J connectivity index is 2.20. The molecule has 2 N–H and O–H groups in total. The van der Waals surface area contributed by atoms with Crippen LogP contribution in [-0.4, -0.2) is 30.0 Å². The van der Waals surface area contributed by atoms with Gasteiger partial charge in [0.05, 0.1) is 6.04 Å². The van der Waals surface area contributed by atoms with Gasteiger partial charge in [-0.25, -0.2) is 0 Å². The highest BCUT2D eigenvalue weighted by Gasteiger charge is 2.40. The van der Waals surface area contributed by atoms with E-state index in [4.69, 9.17) is 19.7 Å². The van der Waals surface area contributed by atoms with Crippen LogP contribution in [0.2, 0.25) is 0 Å². The van der Waals surface area contributed by atoms with Crippen molar-refractivity contribution in [3.8, 4) is 0 Å². The zero-order chi connectivity index (χ0) is 14.6. The Morgan fingerprint density at radius 1 is 1.35 bits per heavy atom. The zero-order valence-corrected chi connectivity index (χ0v) is 12.6. The van der Waals surface area contributed by atoms with Crippen molar-refractivity contribution in [3.63, 3.8) is 0 Å². The van der Waals surface area contributed by atoms with Crippen LogP contribution in [0.4, 0.5) is 0 Å². The van der Waals surface area contributed by atoms with E-state index in [2.05, 4.69) is 24.0 Å². The first-order chi connectivity index (χ1) is 9.63. The summed E-state index contributed by atoms with van der Waals surface area (Å²) in [5, 5.41) is 4.12. The van der Waals surface area contributed by atoms with Crippen molar-refractivity contribution < 1.29 is 14.0 Å². The molecule has 0 bridgehead atoms. The van der Waals surface area contributed by atoms with Crippen LogP contribution in [0.5, 0.6) is 0 Å². The van der Waals surface area contributed by atoms with Crippen LogP contribution in [0.3, 0.4) is 0 Å². The lowest BCUT2D eigenvalue weighted by Crippen LogP contribution is -2.37. The van der Waals surface area contributed by atoms with Gasteiger partial charge in [0.15, 0.2) is 0 Å². The van der Waals surface area contributed by atoms with Crippen molar-refractivity contribution in [2.24, 2.45) is 11.7 Å². The van der Waals surface area contributed by atoms with E-state index < -0.39 is 5.60 Å². The lowest BCUT2D eigenvalue weighted by atomic mass is 9.93. The van der Waals surface area contributed by atoms with Crippen LogP contribution in [0.25, 0.3) is 0 Å². The number of rotatable bonds is 6. The lowest BCUT2D eigenvalue weighted by Gasteiger charge is -2.33. The third kappa shape index (κ3) is 3.02. The molecule has 0 saturated carbocycles. The Hall–Kier alpha value is -0.980. The molecule has 6 nitrogen and oxygen atoms in total. The smallest absolute Gasteiger partial charge is 0.243 e. The van der Waals surface area contributed by atoms with E-state index in [-0.39, 0.29) is 6.04 Å². The highest BCUT2D eigenvalue weighted by atomic mass is 16.5. The fourth-order valence-electron chi connectivity index (χ4n) is 2.46. The van der Waals surface area contributed by atoms with E-state index >= 15 is 0 Å². The Labute approximate surface area is 120 Å². The zero-order valence-electron chi connectivity index (χ0n) is 12.6. The van der Waals surface area contributed by atoms with Gasteiger partial charge < -0.3 is 19.7 Å². The summed E-state index contributed by atoms with van der Waals surface area (Å²) in [6.07, 6.45) is 2.47. The van der Waals surface area contributed by atoms with Crippen LogP contribution in [0, 0.1) is 5.92 Å². The molecule has 1 saturated heterocycles. The third-order valence-electron chi connectivity index (χ3n) is 4.11. The molecular weight excluding hydrogens is 258 g/mol. The van der Waals surface area contributed by atoms with Crippen molar-refractivity contribution in [2.75, 3.05) is 19.8 Å². The molecule has 1 unspecified atom stereocenters. The molecule has 2 rings (SSSR count). The van der Waals surface area contributed by atoms with Crippen LogP contribution in [-0.2, 0) is 15.1 Å². The van der Waals surface area contributed by atoms with Crippen molar-refractivity contribution in [1.82, 2.24) is 10.1 Å². The second kappa shape index (κ2) is 6.65. The fourth-order valence-corrected chi connectivity index (χ4v) is 2.46. The monoisotopic (exact) mass is 283 g/mol. The second-order valence-corrected chi connectivity index (χ2v) is 5.41. The molecule has 6 heteroatoms. The first-order valence-electron chi connectivity index (χ1n) is 7.44. The van der Waals surface area contributed by atoms with E-state index in [9.17, 15) is 0 Å². The second-order valence-electron chi connectivity index (χ2n) is 5.41. The number of hydrogen-bond donors (Lipinski definition) is 1.